The first-order valence-corrected chi connectivity index (χ1v) is 7.99. The number of hydrogen-bond donors (Lipinski definition) is 1. The molecule has 1 amide bonds. The van der Waals surface area contributed by atoms with Crippen LogP contribution in [0.25, 0.3) is 0 Å². The van der Waals surface area contributed by atoms with Crippen LogP contribution in [-0.2, 0) is 4.79 Å². The van der Waals surface area contributed by atoms with Gasteiger partial charge in [-0.3, -0.25) is 9.78 Å². The first-order valence-electron chi connectivity index (χ1n) is 7.99. The molecular formula is C16H24N4O. The fourth-order valence-corrected chi connectivity index (χ4v) is 3.05. The van der Waals surface area contributed by atoms with E-state index in [4.69, 9.17) is 0 Å². The van der Waals surface area contributed by atoms with Crippen LogP contribution in [0.5, 0.6) is 0 Å². The summed E-state index contributed by atoms with van der Waals surface area (Å²) >= 11 is 0. The van der Waals surface area contributed by atoms with Crippen LogP contribution in [0.1, 0.15) is 43.5 Å². The topological polar surface area (TPSA) is 58.1 Å². The van der Waals surface area contributed by atoms with E-state index in [-0.39, 0.29) is 11.8 Å². The lowest BCUT2D eigenvalue weighted by Gasteiger charge is -2.34. The molecule has 0 unspecified atom stereocenters. The molecule has 3 rings (SSSR count). The highest BCUT2D eigenvalue weighted by Crippen LogP contribution is 2.25. The van der Waals surface area contributed by atoms with Crippen molar-refractivity contribution >= 4 is 11.7 Å². The van der Waals surface area contributed by atoms with Gasteiger partial charge in [-0.05, 0) is 46.0 Å². The molecule has 2 fully saturated rings. The van der Waals surface area contributed by atoms with Gasteiger partial charge in [-0.2, -0.15) is 0 Å². The Morgan fingerprint density at radius 3 is 2.57 bits per heavy atom. The van der Waals surface area contributed by atoms with Gasteiger partial charge in [-0.15, -0.1) is 0 Å². The van der Waals surface area contributed by atoms with Crippen LogP contribution in [0.3, 0.4) is 0 Å². The number of aryl methyl sites for hydroxylation is 2. The summed E-state index contributed by atoms with van der Waals surface area (Å²) in [6.07, 6.45) is 7.19. The second-order valence-electron chi connectivity index (χ2n) is 6.32. The van der Waals surface area contributed by atoms with Gasteiger partial charge in [0.25, 0.3) is 0 Å². The van der Waals surface area contributed by atoms with Crippen LogP contribution < -0.4 is 10.2 Å². The largest absolute Gasteiger partial charge is 0.355 e. The zero-order valence-electron chi connectivity index (χ0n) is 12.9. The number of nitrogens with one attached hydrogen (secondary N) is 1. The molecule has 2 heterocycles. The van der Waals surface area contributed by atoms with Gasteiger partial charge in [-0.25, -0.2) is 4.98 Å². The lowest BCUT2D eigenvalue weighted by atomic mass is 9.90. The Kier molecular flexibility index (Phi) is 4.08. The molecule has 1 saturated heterocycles. The quantitative estimate of drug-likeness (QED) is 0.924. The Morgan fingerprint density at radius 1 is 1.24 bits per heavy atom. The van der Waals surface area contributed by atoms with E-state index in [2.05, 4.69) is 20.2 Å². The minimum Gasteiger partial charge on any atom is -0.355 e. The number of anilines is 1. The van der Waals surface area contributed by atoms with Crippen LogP contribution in [0.2, 0.25) is 0 Å². The molecule has 0 atom stereocenters. The highest BCUT2D eigenvalue weighted by molar-refractivity contribution is 5.79. The van der Waals surface area contributed by atoms with E-state index in [0.29, 0.717) is 6.04 Å². The van der Waals surface area contributed by atoms with E-state index < -0.39 is 0 Å². The lowest BCUT2D eigenvalue weighted by Crippen LogP contribution is -2.46. The highest BCUT2D eigenvalue weighted by atomic mass is 16.1. The van der Waals surface area contributed by atoms with Crippen molar-refractivity contribution in [3.05, 3.63) is 17.6 Å². The Balaban J connectivity index is 1.57. The minimum atomic E-state index is 0.167. The molecule has 1 aliphatic heterocycles. The predicted molar refractivity (Wildman–Crippen MR) is 82.2 cm³/mol. The summed E-state index contributed by atoms with van der Waals surface area (Å²) in [5.74, 6) is 1.40. The molecule has 0 radical (unpaired) electrons. The molecule has 1 saturated carbocycles. The summed E-state index contributed by atoms with van der Waals surface area (Å²) < 4.78 is 0. The average Bonchev–Trinajstić information content (AvgIpc) is 2.45. The fourth-order valence-electron chi connectivity index (χ4n) is 3.05. The molecular weight excluding hydrogens is 264 g/mol. The third-order valence-corrected chi connectivity index (χ3v) is 4.67. The maximum Gasteiger partial charge on any atom is 0.223 e. The van der Waals surface area contributed by atoms with Crippen molar-refractivity contribution in [2.75, 3.05) is 18.0 Å². The molecule has 1 aliphatic carbocycles. The smallest absolute Gasteiger partial charge is 0.223 e. The number of carbonyl (C=O) groups excluding carboxylic acids is 1. The van der Waals surface area contributed by atoms with E-state index in [1.807, 2.05) is 13.8 Å². The number of aromatic nitrogens is 2. The first-order chi connectivity index (χ1) is 10.1. The zero-order valence-corrected chi connectivity index (χ0v) is 12.9. The fraction of sp³-hybridized carbons (Fsp3) is 0.688. The molecule has 5 nitrogen and oxygen atoms in total. The van der Waals surface area contributed by atoms with Crippen LogP contribution in [0.4, 0.5) is 5.82 Å². The second-order valence-corrected chi connectivity index (χ2v) is 6.32. The van der Waals surface area contributed by atoms with E-state index in [9.17, 15) is 4.79 Å². The van der Waals surface area contributed by atoms with Gasteiger partial charge in [0, 0.05) is 31.2 Å². The third-order valence-electron chi connectivity index (χ3n) is 4.67. The predicted octanol–water partition coefficient (Wildman–Crippen LogP) is 1.98. The molecule has 1 N–H and O–H groups in total. The summed E-state index contributed by atoms with van der Waals surface area (Å²) in [5.41, 5.74) is 1.92. The van der Waals surface area contributed by atoms with Gasteiger partial charge in [-0.1, -0.05) is 0 Å². The number of amides is 1. The first kappa shape index (κ1) is 14.3. The van der Waals surface area contributed by atoms with Crippen LogP contribution in [-0.4, -0.2) is 35.0 Å². The van der Waals surface area contributed by atoms with Gasteiger partial charge < -0.3 is 10.2 Å². The standard InChI is InChI=1S/C16H24N4O/c1-11-10-17-12(2)15(18-11)20-8-6-13(7-9-20)16(21)19-14-4-3-5-14/h10,13-14H,3-9H2,1-2H3,(H,19,21). The molecule has 0 aromatic carbocycles. The van der Waals surface area contributed by atoms with Gasteiger partial charge >= 0.3 is 0 Å². The molecule has 5 heteroatoms. The monoisotopic (exact) mass is 288 g/mol. The van der Waals surface area contributed by atoms with Gasteiger partial charge in [0.15, 0.2) is 0 Å². The minimum absolute atomic E-state index is 0.167. The van der Waals surface area contributed by atoms with Crippen molar-refractivity contribution in [3.8, 4) is 0 Å². The number of hydrogen-bond acceptors (Lipinski definition) is 4. The number of nitrogens with zero attached hydrogens (tertiary/aromatic N) is 3. The van der Waals surface area contributed by atoms with Crippen molar-refractivity contribution in [1.82, 2.24) is 15.3 Å². The van der Waals surface area contributed by atoms with E-state index >= 15 is 0 Å². The average molecular weight is 288 g/mol. The molecule has 114 valence electrons. The Morgan fingerprint density at radius 2 is 1.95 bits per heavy atom. The summed E-state index contributed by atoms with van der Waals surface area (Å²) in [6, 6.07) is 0.445. The summed E-state index contributed by atoms with van der Waals surface area (Å²) in [4.78, 5) is 23.5. The van der Waals surface area contributed by atoms with E-state index in [1.54, 1.807) is 6.20 Å². The van der Waals surface area contributed by atoms with Crippen molar-refractivity contribution in [1.29, 1.82) is 0 Å². The van der Waals surface area contributed by atoms with Crippen LogP contribution in [0.15, 0.2) is 6.20 Å². The molecule has 1 aromatic rings. The van der Waals surface area contributed by atoms with E-state index in [0.717, 1.165) is 56.0 Å². The zero-order chi connectivity index (χ0) is 14.8. The SMILES string of the molecule is Cc1cnc(C)c(N2CCC(C(=O)NC3CCC3)CC2)n1. The van der Waals surface area contributed by atoms with Gasteiger partial charge in [0.1, 0.15) is 5.82 Å². The number of piperidine rings is 1. The molecule has 0 bridgehead atoms. The normalized spacial score (nSPS) is 20.2. The third kappa shape index (κ3) is 3.17. The summed E-state index contributed by atoms with van der Waals surface area (Å²) in [5, 5.41) is 3.18. The second kappa shape index (κ2) is 6.00. The Labute approximate surface area is 126 Å². The molecule has 1 aromatic heterocycles. The number of rotatable bonds is 3. The molecule has 21 heavy (non-hydrogen) atoms. The van der Waals surface area contributed by atoms with Crippen molar-refractivity contribution in [3.63, 3.8) is 0 Å². The molecule has 0 spiro atoms. The summed E-state index contributed by atoms with van der Waals surface area (Å²) in [7, 11) is 0. The van der Waals surface area contributed by atoms with Crippen LogP contribution >= 0.6 is 0 Å². The van der Waals surface area contributed by atoms with Crippen molar-refractivity contribution in [2.24, 2.45) is 5.92 Å². The van der Waals surface area contributed by atoms with Crippen LogP contribution in [0, 0.1) is 19.8 Å². The molecule has 2 aliphatic rings. The van der Waals surface area contributed by atoms with Gasteiger partial charge in [0.2, 0.25) is 5.91 Å². The van der Waals surface area contributed by atoms with E-state index in [1.165, 1.54) is 6.42 Å². The van der Waals surface area contributed by atoms with Crippen molar-refractivity contribution in [2.45, 2.75) is 52.0 Å². The lowest BCUT2D eigenvalue weighted by molar-refractivity contribution is -0.126. The Hall–Kier alpha value is -1.65. The maximum atomic E-state index is 12.2. The number of carbonyl (C=O) groups is 1. The Bertz CT molecular complexity index is 519. The van der Waals surface area contributed by atoms with Gasteiger partial charge in [0.05, 0.1) is 11.4 Å². The summed E-state index contributed by atoms with van der Waals surface area (Å²) in [6.45, 7) is 5.75. The highest BCUT2D eigenvalue weighted by Gasteiger charge is 2.29. The van der Waals surface area contributed by atoms with Crippen molar-refractivity contribution < 1.29 is 4.79 Å². The maximum absolute atomic E-state index is 12.2.